The summed E-state index contributed by atoms with van der Waals surface area (Å²) >= 11 is 0. The van der Waals surface area contributed by atoms with E-state index in [2.05, 4.69) is 0 Å². The van der Waals surface area contributed by atoms with E-state index in [1.165, 1.54) is 12.1 Å². The van der Waals surface area contributed by atoms with Crippen LogP contribution in [0.25, 0.3) is 0 Å². The average molecular weight is 348 g/mol. The van der Waals surface area contributed by atoms with Gasteiger partial charge < -0.3 is 0 Å². The van der Waals surface area contributed by atoms with E-state index in [-0.39, 0.29) is 11.3 Å². The molecule has 0 aliphatic rings. The van der Waals surface area contributed by atoms with Crippen molar-refractivity contribution in [2.45, 2.75) is 13.3 Å². The first kappa shape index (κ1) is 17.3. The van der Waals surface area contributed by atoms with Gasteiger partial charge >= 0.3 is 5.69 Å². The molecule has 0 spiro atoms. The molecule has 0 amide bonds. The molecule has 1 aromatic heterocycles. The molecule has 3 aromatic rings. The fourth-order valence-electron chi connectivity index (χ4n) is 2.67. The van der Waals surface area contributed by atoms with Gasteiger partial charge in [-0.25, -0.2) is 9.36 Å². The summed E-state index contributed by atoms with van der Waals surface area (Å²) in [5.41, 5.74) is -0.975. The molecule has 0 saturated heterocycles. The SMILES string of the molecule is CCc1cc(=O)n(C(=O)c2ccccc2)c(=O)n1C(=O)c1ccccc1. The lowest BCUT2D eigenvalue weighted by Crippen LogP contribution is -2.46. The highest BCUT2D eigenvalue weighted by Crippen LogP contribution is 2.05. The topological polar surface area (TPSA) is 78.1 Å². The van der Waals surface area contributed by atoms with Gasteiger partial charge in [-0.2, -0.15) is 4.57 Å². The summed E-state index contributed by atoms with van der Waals surface area (Å²) in [4.78, 5) is 50.7. The molecule has 6 nitrogen and oxygen atoms in total. The maximum atomic E-state index is 12.9. The van der Waals surface area contributed by atoms with E-state index in [9.17, 15) is 19.2 Å². The Morgan fingerprint density at radius 3 is 1.69 bits per heavy atom. The van der Waals surface area contributed by atoms with Crippen molar-refractivity contribution >= 4 is 11.8 Å². The number of aryl methyl sites for hydroxylation is 1. The third-order valence-corrected chi connectivity index (χ3v) is 3.99. The van der Waals surface area contributed by atoms with Crippen LogP contribution >= 0.6 is 0 Å². The van der Waals surface area contributed by atoms with Gasteiger partial charge in [0.15, 0.2) is 0 Å². The van der Waals surface area contributed by atoms with Crippen molar-refractivity contribution in [1.29, 1.82) is 0 Å². The van der Waals surface area contributed by atoms with E-state index < -0.39 is 23.1 Å². The van der Waals surface area contributed by atoms with Gasteiger partial charge in [-0.1, -0.05) is 43.3 Å². The van der Waals surface area contributed by atoms with Crippen LogP contribution in [-0.4, -0.2) is 20.9 Å². The van der Waals surface area contributed by atoms with Gasteiger partial charge in [0.1, 0.15) is 0 Å². The highest BCUT2D eigenvalue weighted by molar-refractivity contribution is 5.98. The summed E-state index contributed by atoms with van der Waals surface area (Å²) in [7, 11) is 0. The van der Waals surface area contributed by atoms with Crippen molar-refractivity contribution in [2.75, 3.05) is 0 Å². The molecular formula is C20H16N2O4. The van der Waals surface area contributed by atoms with Crippen molar-refractivity contribution in [2.24, 2.45) is 0 Å². The number of aromatic nitrogens is 2. The first-order chi connectivity index (χ1) is 12.5. The third kappa shape index (κ3) is 3.04. The number of hydrogen-bond acceptors (Lipinski definition) is 4. The molecular weight excluding hydrogens is 332 g/mol. The Kier molecular flexibility index (Phi) is 4.75. The molecule has 2 aromatic carbocycles. The zero-order chi connectivity index (χ0) is 18.7. The summed E-state index contributed by atoms with van der Waals surface area (Å²) in [6, 6.07) is 17.4. The molecule has 0 aliphatic heterocycles. The van der Waals surface area contributed by atoms with Crippen molar-refractivity contribution < 1.29 is 9.59 Å². The van der Waals surface area contributed by atoms with Crippen LogP contribution in [0.4, 0.5) is 0 Å². The lowest BCUT2D eigenvalue weighted by molar-refractivity contribution is 0.0929. The second-order valence-electron chi connectivity index (χ2n) is 5.62. The molecule has 0 aliphatic carbocycles. The lowest BCUT2D eigenvalue weighted by atomic mass is 10.2. The number of hydrogen-bond donors (Lipinski definition) is 0. The molecule has 0 bridgehead atoms. The fourth-order valence-corrected chi connectivity index (χ4v) is 2.67. The maximum absolute atomic E-state index is 12.9. The van der Waals surface area contributed by atoms with Gasteiger partial charge in [-0.15, -0.1) is 0 Å². The molecule has 0 radical (unpaired) electrons. The summed E-state index contributed by atoms with van der Waals surface area (Å²) in [5.74, 6) is -1.35. The Hall–Kier alpha value is -3.54. The molecule has 6 heteroatoms. The maximum Gasteiger partial charge on any atom is 0.345 e. The van der Waals surface area contributed by atoms with Crippen molar-refractivity contribution in [3.05, 3.63) is 104 Å². The molecule has 1 heterocycles. The lowest BCUT2D eigenvalue weighted by Gasteiger charge is -2.12. The molecule has 0 fully saturated rings. The zero-order valence-corrected chi connectivity index (χ0v) is 14.1. The largest absolute Gasteiger partial charge is 0.345 e. The third-order valence-electron chi connectivity index (χ3n) is 3.99. The molecule has 130 valence electrons. The van der Waals surface area contributed by atoms with E-state index in [1.807, 2.05) is 0 Å². The Morgan fingerprint density at radius 2 is 1.23 bits per heavy atom. The quantitative estimate of drug-likeness (QED) is 0.725. The van der Waals surface area contributed by atoms with Gasteiger partial charge in [0.05, 0.1) is 0 Å². The van der Waals surface area contributed by atoms with Crippen LogP contribution in [0.1, 0.15) is 33.3 Å². The molecule has 0 saturated carbocycles. The minimum absolute atomic E-state index is 0.189. The van der Waals surface area contributed by atoms with Crippen LogP contribution < -0.4 is 11.2 Å². The average Bonchev–Trinajstić information content (AvgIpc) is 2.68. The van der Waals surface area contributed by atoms with E-state index in [1.54, 1.807) is 55.5 Å². The first-order valence-electron chi connectivity index (χ1n) is 8.12. The number of carbonyl (C=O) groups excluding carboxylic acids is 2. The summed E-state index contributed by atoms with van der Waals surface area (Å²) in [6.45, 7) is 1.73. The van der Waals surface area contributed by atoms with Crippen molar-refractivity contribution in [1.82, 2.24) is 9.13 Å². The Balaban J connectivity index is 2.23. The number of benzene rings is 2. The summed E-state index contributed by atoms with van der Waals surface area (Å²) in [6.07, 6.45) is 0.295. The van der Waals surface area contributed by atoms with Crippen LogP contribution in [0, 0.1) is 0 Å². The first-order valence-corrected chi connectivity index (χ1v) is 8.12. The van der Waals surface area contributed by atoms with Crippen molar-refractivity contribution in [3.63, 3.8) is 0 Å². The molecule has 0 N–H and O–H groups in total. The van der Waals surface area contributed by atoms with E-state index in [0.29, 0.717) is 16.6 Å². The minimum Gasteiger partial charge on any atom is -0.269 e. The van der Waals surface area contributed by atoms with Crippen LogP contribution in [0.15, 0.2) is 76.3 Å². The molecule has 26 heavy (non-hydrogen) atoms. The second-order valence-corrected chi connectivity index (χ2v) is 5.62. The molecule has 0 atom stereocenters. The molecule has 3 rings (SSSR count). The monoisotopic (exact) mass is 348 g/mol. The van der Waals surface area contributed by atoms with Crippen molar-refractivity contribution in [3.8, 4) is 0 Å². The van der Waals surface area contributed by atoms with Gasteiger partial charge in [0.25, 0.3) is 17.4 Å². The van der Waals surface area contributed by atoms with E-state index >= 15 is 0 Å². The Labute approximate surface area is 149 Å². The predicted octanol–water partition coefficient (Wildman–Crippen LogP) is 1.95. The summed E-state index contributed by atoms with van der Waals surface area (Å²) in [5, 5.41) is 0. The number of carbonyl (C=O) groups is 2. The van der Waals surface area contributed by atoms with Crippen LogP contribution in [0.3, 0.4) is 0 Å². The standard InChI is InChI=1S/C20H16N2O4/c1-2-16-13-17(23)22(19(25)15-11-7-4-8-12-15)20(26)21(16)18(24)14-9-5-3-6-10-14/h3-13H,2H2,1H3. The summed E-state index contributed by atoms with van der Waals surface area (Å²) < 4.78 is 1.38. The van der Waals surface area contributed by atoms with Crippen LogP contribution in [0.2, 0.25) is 0 Å². The Morgan fingerprint density at radius 1 is 0.769 bits per heavy atom. The minimum atomic E-state index is -0.961. The predicted molar refractivity (Wildman–Crippen MR) is 96.7 cm³/mol. The van der Waals surface area contributed by atoms with Gasteiger partial charge in [-0.3, -0.25) is 14.4 Å². The highest BCUT2D eigenvalue weighted by atomic mass is 16.2. The van der Waals surface area contributed by atoms with Gasteiger partial charge in [0.2, 0.25) is 0 Å². The van der Waals surface area contributed by atoms with E-state index in [4.69, 9.17) is 0 Å². The zero-order valence-electron chi connectivity index (χ0n) is 14.1. The number of nitrogens with zero attached hydrogens (tertiary/aromatic N) is 2. The Bertz CT molecular complexity index is 1080. The van der Waals surface area contributed by atoms with Gasteiger partial charge in [0, 0.05) is 22.9 Å². The second kappa shape index (κ2) is 7.14. The normalized spacial score (nSPS) is 10.5. The van der Waals surface area contributed by atoms with Crippen LogP contribution in [0.5, 0.6) is 0 Å². The highest BCUT2D eigenvalue weighted by Gasteiger charge is 2.21. The smallest absolute Gasteiger partial charge is 0.269 e. The van der Waals surface area contributed by atoms with Crippen LogP contribution in [-0.2, 0) is 6.42 Å². The number of rotatable bonds is 3. The van der Waals surface area contributed by atoms with Gasteiger partial charge in [-0.05, 0) is 30.7 Å². The fraction of sp³-hybridized carbons (Fsp3) is 0.100. The van der Waals surface area contributed by atoms with E-state index in [0.717, 1.165) is 10.6 Å². The molecule has 0 unspecified atom stereocenters.